The molecule has 1 aliphatic heterocycles. The van der Waals surface area contributed by atoms with Crippen LogP contribution in [0.2, 0.25) is 0 Å². The number of hydrogen-bond donors (Lipinski definition) is 2. The number of rotatable bonds is 6. The third-order valence-electron chi connectivity index (χ3n) is 3.67. The van der Waals surface area contributed by atoms with Crippen LogP contribution in [0.1, 0.15) is 39.5 Å². The van der Waals surface area contributed by atoms with Crippen LogP contribution in [-0.4, -0.2) is 36.7 Å². The molecule has 1 amide bonds. The summed E-state index contributed by atoms with van der Waals surface area (Å²) in [4.78, 5) is 23.2. The predicted octanol–water partition coefficient (Wildman–Crippen LogP) is 1.42. The molecule has 0 radical (unpaired) electrons. The van der Waals surface area contributed by atoms with Crippen molar-refractivity contribution in [2.75, 3.05) is 19.8 Å². The summed E-state index contributed by atoms with van der Waals surface area (Å²) in [5.41, 5.74) is -0.847. The molecule has 1 rings (SSSR count). The van der Waals surface area contributed by atoms with Gasteiger partial charge in [-0.1, -0.05) is 20.3 Å². The molecule has 0 spiro atoms. The molecular formula is C13H23NO4. The van der Waals surface area contributed by atoms with Crippen LogP contribution in [0.3, 0.4) is 0 Å². The molecule has 0 aliphatic carbocycles. The van der Waals surface area contributed by atoms with E-state index in [1.807, 2.05) is 13.8 Å². The lowest BCUT2D eigenvalue weighted by Gasteiger charge is -2.33. The summed E-state index contributed by atoms with van der Waals surface area (Å²) in [6.45, 7) is 5.01. The topological polar surface area (TPSA) is 75.6 Å². The molecule has 1 atom stereocenters. The van der Waals surface area contributed by atoms with Crippen LogP contribution in [-0.2, 0) is 14.3 Å². The number of carbonyl (C=O) groups is 2. The van der Waals surface area contributed by atoms with Gasteiger partial charge in [-0.2, -0.15) is 0 Å². The first-order valence-electron chi connectivity index (χ1n) is 6.60. The minimum Gasteiger partial charge on any atom is -0.481 e. The van der Waals surface area contributed by atoms with E-state index in [0.717, 1.165) is 12.8 Å². The van der Waals surface area contributed by atoms with Gasteiger partial charge in [-0.05, 0) is 19.3 Å². The Morgan fingerprint density at radius 2 is 2.00 bits per heavy atom. The Balaban J connectivity index is 2.52. The summed E-state index contributed by atoms with van der Waals surface area (Å²) in [7, 11) is 0. The number of nitrogens with one attached hydrogen (secondary N) is 1. The quantitative estimate of drug-likeness (QED) is 0.754. The third-order valence-corrected chi connectivity index (χ3v) is 3.67. The van der Waals surface area contributed by atoms with E-state index in [9.17, 15) is 14.7 Å². The van der Waals surface area contributed by atoms with Crippen molar-refractivity contribution in [1.82, 2.24) is 5.32 Å². The van der Waals surface area contributed by atoms with Gasteiger partial charge in [0.25, 0.3) is 0 Å². The fraction of sp³-hybridized carbons (Fsp3) is 0.846. The second-order valence-electron chi connectivity index (χ2n) is 5.11. The maximum Gasteiger partial charge on any atom is 0.311 e. The van der Waals surface area contributed by atoms with E-state index in [1.54, 1.807) is 0 Å². The highest BCUT2D eigenvalue weighted by Gasteiger charge is 2.40. The Morgan fingerprint density at radius 1 is 1.39 bits per heavy atom. The maximum atomic E-state index is 11.8. The molecule has 1 unspecified atom stereocenters. The van der Waals surface area contributed by atoms with Crippen molar-refractivity contribution in [1.29, 1.82) is 0 Å². The highest BCUT2D eigenvalue weighted by atomic mass is 16.5. The van der Waals surface area contributed by atoms with Gasteiger partial charge in [-0.15, -0.1) is 0 Å². The Bertz CT molecular complexity index is 297. The van der Waals surface area contributed by atoms with Crippen molar-refractivity contribution in [3.63, 3.8) is 0 Å². The highest BCUT2D eigenvalue weighted by molar-refractivity contribution is 5.80. The zero-order valence-corrected chi connectivity index (χ0v) is 11.2. The number of carbonyl (C=O) groups excluding carboxylic acids is 1. The Hall–Kier alpha value is -1.10. The Kier molecular flexibility index (Phi) is 5.59. The van der Waals surface area contributed by atoms with E-state index < -0.39 is 11.4 Å². The van der Waals surface area contributed by atoms with Gasteiger partial charge in [-0.3, -0.25) is 9.59 Å². The van der Waals surface area contributed by atoms with Crippen LogP contribution in [0.5, 0.6) is 0 Å². The Morgan fingerprint density at radius 3 is 2.50 bits per heavy atom. The number of ether oxygens (including phenoxy) is 1. The minimum atomic E-state index is -0.847. The summed E-state index contributed by atoms with van der Waals surface area (Å²) >= 11 is 0. The maximum absolute atomic E-state index is 11.8. The van der Waals surface area contributed by atoms with Crippen molar-refractivity contribution in [2.45, 2.75) is 39.5 Å². The van der Waals surface area contributed by atoms with Crippen LogP contribution in [0.4, 0.5) is 0 Å². The van der Waals surface area contributed by atoms with Crippen molar-refractivity contribution in [3.8, 4) is 0 Å². The van der Waals surface area contributed by atoms with Crippen molar-refractivity contribution in [3.05, 3.63) is 0 Å². The number of carboxylic acids is 1. The fourth-order valence-corrected chi connectivity index (χ4v) is 2.22. The molecule has 0 aromatic rings. The standard InChI is InChI=1S/C13H23NO4/c1-3-4-10(2)11(15)14-9-13(12(16)17)5-7-18-8-6-13/h10H,3-9H2,1-2H3,(H,14,15)(H,16,17). The third kappa shape index (κ3) is 3.70. The predicted molar refractivity (Wildman–Crippen MR) is 67.2 cm³/mol. The second-order valence-corrected chi connectivity index (χ2v) is 5.11. The molecule has 0 aromatic heterocycles. The van der Waals surface area contributed by atoms with Crippen molar-refractivity contribution >= 4 is 11.9 Å². The molecule has 0 bridgehead atoms. The number of carboxylic acid groups (broad SMARTS) is 1. The molecule has 1 fully saturated rings. The molecule has 18 heavy (non-hydrogen) atoms. The summed E-state index contributed by atoms with van der Waals surface area (Å²) in [6.07, 6.45) is 2.71. The van der Waals surface area contributed by atoms with Gasteiger partial charge >= 0.3 is 5.97 Å². The summed E-state index contributed by atoms with van der Waals surface area (Å²) in [6, 6.07) is 0. The Labute approximate surface area is 108 Å². The minimum absolute atomic E-state index is 0.0519. The van der Waals surface area contributed by atoms with E-state index in [0.29, 0.717) is 26.1 Å². The lowest BCUT2D eigenvalue weighted by Crippen LogP contribution is -2.47. The molecule has 104 valence electrons. The van der Waals surface area contributed by atoms with E-state index in [-0.39, 0.29) is 18.4 Å². The zero-order chi connectivity index (χ0) is 13.6. The van der Waals surface area contributed by atoms with E-state index in [4.69, 9.17) is 4.74 Å². The first-order chi connectivity index (χ1) is 8.52. The summed E-state index contributed by atoms with van der Waals surface area (Å²) in [5, 5.41) is 12.1. The fourth-order valence-electron chi connectivity index (χ4n) is 2.22. The lowest BCUT2D eigenvalue weighted by atomic mass is 9.80. The van der Waals surface area contributed by atoms with Gasteiger partial charge in [-0.25, -0.2) is 0 Å². The van der Waals surface area contributed by atoms with Crippen LogP contribution in [0.25, 0.3) is 0 Å². The average molecular weight is 257 g/mol. The van der Waals surface area contributed by atoms with Gasteiger partial charge in [0.2, 0.25) is 5.91 Å². The summed E-state index contributed by atoms with van der Waals surface area (Å²) < 4.78 is 5.19. The lowest BCUT2D eigenvalue weighted by molar-refractivity contribution is -0.154. The van der Waals surface area contributed by atoms with Gasteiger partial charge < -0.3 is 15.2 Å². The van der Waals surface area contributed by atoms with E-state index in [2.05, 4.69) is 5.32 Å². The van der Waals surface area contributed by atoms with Gasteiger partial charge in [0.15, 0.2) is 0 Å². The molecule has 0 saturated carbocycles. The molecule has 1 saturated heterocycles. The molecule has 1 aliphatic rings. The van der Waals surface area contributed by atoms with E-state index in [1.165, 1.54) is 0 Å². The second kappa shape index (κ2) is 6.73. The number of aliphatic carboxylic acids is 1. The van der Waals surface area contributed by atoms with Crippen molar-refractivity contribution in [2.24, 2.45) is 11.3 Å². The normalized spacial score (nSPS) is 20.1. The van der Waals surface area contributed by atoms with Gasteiger partial charge in [0.05, 0.1) is 5.41 Å². The SMILES string of the molecule is CCCC(C)C(=O)NCC1(C(=O)O)CCOCC1. The molecule has 0 aromatic carbocycles. The molecule has 5 heteroatoms. The number of hydrogen-bond acceptors (Lipinski definition) is 3. The van der Waals surface area contributed by atoms with Crippen LogP contribution in [0, 0.1) is 11.3 Å². The van der Waals surface area contributed by atoms with E-state index >= 15 is 0 Å². The highest BCUT2D eigenvalue weighted by Crippen LogP contribution is 2.30. The number of amides is 1. The molecule has 2 N–H and O–H groups in total. The zero-order valence-electron chi connectivity index (χ0n) is 11.2. The largest absolute Gasteiger partial charge is 0.481 e. The van der Waals surface area contributed by atoms with Crippen LogP contribution in [0.15, 0.2) is 0 Å². The smallest absolute Gasteiger partial charge is 0.311 e. The van der Waals surface area contributed by atoms with Crippen molar-refractivity contribution < 1.29 is 19.4 Å². The first-order valence-corrected chi connectivity index (χ1v) is 6.60. The summed E-state index contributed by atoms with van der Waals surface area (Å²) in [5.74, 6) is -0.945. The van der Waals surface area contributed by atoms with Gasteiger partial charge in [0.1, 0.15) is 0 Å². The average Bonchev–Trinajstić information content (AvgIpc) is 2.37. The van der Waals surface area contributed by atoms with Gasteiger partial charge in [0, 0.05) is 25.7 Å². The molecule has 5 nitrogen and oxygen atoms in total. The molecule has 1 heterocycles. The van der Waals surface area contributed by atoms with Crippen LogP contribution < -0.4 is 5.32 Å². The monoisotopic (exact) mass is 257 g/mol. The first kappa shape index (κ1) is 15.0. The van der Waals surface area contributed by atoms with Crippen LogP contribution >= 0.6 is 0 Å². The molecular weight excluding hydrogens is 234 g/mol.